The van der Waals surface area contributed by atoms with Crippen LogP contribution < -0.4 is 5.32 Å². The smallest absolute Gasteiger partial charge is 0.257 e. The lowest BCUT2D eigenvalue weighted by atomic mass is 10.2. The van der Waals surface area contributed by atoms with Gasteiger partial charge in [0.1, 0.15) is 0 Å². The van der Waals surface area contributed by atoms with Gasteiger partial charge < -0.3 is 9.30 Å². The minimum atomic E-state index is -0.216. The Morgan fingerprint density at radius 3 is 3.00 bits per heavy atom. The van der Waals surface area contributed by atoms with Crippen molar-refractivity contribution in [2.24, 2.45) is 0 Å². The van der Waals surface area contributed by atoms with Gasteiger partial charge in [-0.3, -0.25) is 10.1 Å². The first-order valence-corrected chi connectivity index (χ1v) is 10.6. The van der Waals surface area contributed by atoms with Crippen LogP contribution in [-0.2, 0) is 11.3 Å². The number of nitrogens with zero attached hydrogens (tertiary/aromatic N) is 2. The van der Waals surface area contributed by atoms with E-state index in [1.165, 1.54) is 22.7 Å². The molecular formula is C21H22ClN3O2S. The molecule has 146 valence electrons. The fraction of sp³-hybridized carbons (Fsp3) is 0.333. The first-order valence-electron chi connectivity index (χ1n) is 9.32. The predicted octanol–water partition coefficient (Wildman–Crippen LogP) is 5.31. The van der Waals surface area contributed by atoms with Crippen LogP contribution in [0.25, 0.3) is 11.3 Å². The number of thiazole rings is 1. The Morgan fingerprint density at radius 1 is 1.39 bits per heavy atom. The van der Waals surface area contributed by atoms with Gasteiger partial charge in [-0.2, -0.15) is 0 Å². The van der Waals surface area contributed by atoms with Crippen LogP contribution in [0.15, 0.2) is 35.7 Å². The van der Waals surface area contributed by atoms with E-state index in [-0.39, 0.29) is 5.91 Å². The second-order valence-corrected chi connectivity index (χ2v) is 8.33. The Balaban J connectivity index is 1.52. The minimum Gasteiger partial charge on any atom is -0.376 e. The van der Waals surface area contributed by atoms with Crippen molar-refractivity contribution in [1.29, 1.82) is 0 Å². The van der Waals surface area contributed by atoms with Gasteiger partial charge in [-0.25, -0.2) is 4.98 Å². The monoisotopic (exact) mass is 415 g/mol. The standard InChI is InChI=1S/C21H22ClN3O2S/c1-13-9-18(14(2)25(13)11-17-7-4-8-27-17)19-12-28-21(23-19)24-20(26)15-5-3-6-16(22)10-15/h3,5-6,9-10,12,17H,4,7-8,11H2,1-2H3,(H,23,24,26)/t17-/m1/s1. The molecule has 0 saturated carbocycles. The molecule has 2 aromatic heterocycles. The average molecular weight is 416 g/mol. The third kappa shape index (κ3) is 3.99. The Bertz CT molecular complexity index is 1010. The number of ether oxygens (including phenoxy) is 1. The molecule has 1 amide bonds. The van der Waals surface area contributed by atoms with Gasteiger partial charge in [0.25, 0.3) is 5.91 Å². The van der Waals surface area contributed by atoms with Gasteiger partial charge in [0.05, 0.1) is 11.8 Å². The van der Waals surface area contributed by atoms with E-state index < -0.39 is 0 Å². The van der Waals surface area contributed by atoms with E-state index in [1.54, 1.807) is 24.3 Å². The summed E-state index contributed by atoms with van der Waals surface area (Å²) in [4.78, 5) is 17.0. The number of aromatic nitrogens is 2. The summed E-state index contributed by atoms with van der Waals surface area (Å²) in [5.74, 6) is -0.216. The van der Waals surface area contributed by atoms with Crippen molar-refractivity contribution in [2.75, 3.05) is 11.9 Å². The van der Waals surface area contributed by atoms with Crippen LogP contribution >= 0.6 is 22.9 Å². The van der Waals surface area contributed by atoms with E-state index in [2.05, 4.69) is 34.8 Å². The number of hydrogen-bond acceptors (Lipinski definition) is 4. The molecule has 1 aliphatic rings. The molecular weight excluding hydrogens is 394 g/mol. The zero-order valence-corrected chi connectivity index (χ0v) is 17.4. The number of aryl methyl sites for hydroxylation is 1. The van der Waals surface area contributed by atoms with E-state index in [0.29, 0.717) is 21.8 Å². The molecule has 0 unspecified atom stereocenters. The summed E-state index contributed by atoms with van der Waals surface area (Å²) < 4.78 is 8.09. The van der Waals surface area contributed by atoms with Crippen molar-refractivity contribution in [1.82, 2.24) is 9.55 Å². The summed E-state index contributed by atoms with van der Waals surface area (Å²) in [6, 6.07) is 9.03. The molecule has 1 N–H and O–H groups in total. The SMILES string of the molecule is Cc1cc(-c2csc(NC(=O)c3cccc(Cl)c3)n2)c(C)n1C[C@H]1CCCO1. The molecule has 0 aliphatic carbocycles. The van der Waals surface area contributed by atoms with E-state index >= 15 is 0 Å². The van der Waals surface area contributed by atoms with Crippen molar-refractivity contribution in [3.63, 3.8) is 0 Å². The van der Waals surface area contributed by atoms with Crippen LogP contribution in [0.3, 0.4) is 0 Å². The molecule has 0 bridgehead atoms. The maximum atomic E-state index is 12.4. The van der Waals surface area contributed by atoms with E-state index in [9.17, 15) is 4.79 Å². The predicted molar refractivity (Wildman–Crippen MR) is 113 cm³/mol. The van der Waals surface area contributed by atoms with Gasteiger partial charge in [0, 0.05) is 46.1 Å². The van der Waals surface area contributed by atoms with Crippen LogP contribution in [-0.4, -0.2) is 28.2 Å². The van der Waals surface area contributed by atoms with Crippen LogP contribution in [0, 0.1) is 13.8 Å². The second kappa shape index (κ2) is 8.07. The topological polar surface area (TPSA) is 56.2 Å². The number of nitrogens with one attached hydrogen (secondary N) is 1. The lowest BCUT2D eigenvalue weighted by Gasteiger charge is -2.14. The van der Waals surface area contributed by atoms with Crippen molar-refractivity contribution in [2.45, 2.75) is 39.3 Å². The van der Waals surface area contributed by atoms with E-state index in [4.69, 9.17) is 16.3 Å². The van der Waals surface area contributed by atoms with Gasteiger partial charge in [0.2, 0.25) is 0 Å². The third-order valence-corrected chi connectivity index (χ3v) is 6.06. The molecule has 1 aromatic carbocycles. The number of halogens is 1. The Kier molecular flexibility index (Phi) is 5.53. The van der Waals surface area contributed by atoms with Crippen molar-refractivity contribution in [3.8, 4) is 11.3 Å². The average Bonchev–Trinajstić information content (AvgIpc) is 3.40. The first-order chi connectivity index (χ1) is 13.5. The van der Waals surface area contributed by atoms with Crippen LogP contribution in [0.2, 0.25) is 5.02 Å². The quantitative estimate of drug-likeness (QED) is 0.614. The molecule has 3 aromatic rings. The summed E-state index contributed by atoms with van der Waals surface area (Å²) in [5, 5.41) is 5.94. The van der Waals surface area contributed by atoms with E-state index in [1.807, 2.05) is 5.38 Å². The highest BCUT2D eigenvalue weighted by atomic mass is 35.5. The number of amides is 1. The summed E-state index contributed by atoms with van der Waals surface area (Å²) in [5.41, 5.74) is 4.85. The molecule has 0 spiro atoms. The summed E-state index contributed by atoms with van der Waals surface area (Å²) in [6.07, 6.45) is 2.54. The molecule has 0 radical (unpaired) electrons. The summed E-state index contributed by atoms with van der Waals surface area (Å²) in [7, 11) is 0. The second-order valence-electron chi connectivity index (χ2n) is 7.03. The summed E-state index contributed by atoms with van der Waals surface area (Å²) in [6.45, 7) is 5.96. The fourth-order valence-electron chi connectivity index (χ4n) is 3.59. The zero-order chi connectivity index (χ0) is 19.7. The minimum absolute atomic E-state index is 0.216. The molecule has 3 heterocycles. The highest BCUT2D eigenvalue weighted by molar-refractivity contribution is 7.14. The van der Waals surface area contributed by atoms with Crippen molar-refractivity contribution < 1.29 is 9.53 Å². The number of rotatable bonds is 5. The molecule has 1 saturated heterocycles. The number of anilines is 1. The van der Waals surface area contributed by atoms with Crippen molar-refractivity contribution in [3.05, 3.63) is 57.7 Å². The largest absolute Gasteiger partial charge is 0.376 e. The lowest BCUT2D eigenvalue weighted by molar-refractivity contribution is 0.0962. The zero-order valence-electron chi connectivity index (χ0n) is 15.9. The third-order valence-electron chi connectivity index (χ3n) is 5.07. The van der Waals surface area contributed by atoms with Gasteiger partial charge in [-0.05, 0) is 51.0 Å². The highest BCUT2D eigenvalue weighted by Crippen LogP contribution is 2.31. The molecule has 1 fully saturated rings. The normalized spacial score (nSPS) is 16.5. The van der Waals surface area contributed by atoms with Crippen LogP contribution in [0.4, 0.5) is 5.13 Å². The Morgan fingerprint density at radius 2 is 2.25 bits per heavy atom. The van der Waals surface area contributed by atoms with Gasteiger partial charge in [-0.1, -0.05) is 17.7 Å². The van der Waals surface area contributed by atoms with Crippen LogP contribution in [0.1, 0.15) is 34.6 Å². The molecule has 7 heteroatoms. The number of benzene rings is 1. The Labute approximate surface area is 173 Å². The van der Waals surface area contributed by atoms with Gasteiger partial charge >= 0.3 is 0 Å². The first kappa shape index (κ1) is 19.2. The fourth-order valence-corrected chi connectivity index (χ4v) is 4.48. The maximum Gasteiger partial charge on any atom is 0.257 e. The molecule has 4 rings (SSSR count). The van der Waals surface area contributed by atoms with Crippen molar-refractivity contribution >= 4 is 34.0 Å². The lowest BCUT2D eigenvalue weighted by Crippen LogP contribution is -2.16. The molecule has 5 nitrogen and oxygen atoms in total. The van der Waals surface area contributed by atoms with Gasteiger partial charge in [-0.15, -0.1) is 11.3 Å². The number of carbonyl (C=O) groups is 1. The molecule has 1 aliphatic heterocycles. The number of carbonyl (C=O) groups excluding carboxylic acids is 1. The van der Waals surface area contributed by atoms with Crippen LogP contribution in [0.5, 0.6) is 0 Å². The highest BCUT2D eigenvalue weighted by Gasteiger charge is 2.20. The maximum absolute atomic E-state index is 12.4. The van der Waals surface area contributed by atoms with Gasteiger partial charge in [0.15, 0.2) is 5.13 Å². The summed E-state index contributed by atoms with van der Waals surface area (Å²) >= 11 is 7.39. The number of hydrogen-bond donors (Lipinski definition) is 1. The van der Waals surface area contributed by atoms with E-state index in [0.717, 1.165) is 37.3 Å². The molecule has 1 atom stereocenters. The Hall–Kier alpha value is -2.15. The molecule has 28 heavy (non-hydrogen) atoms.